The van der Waals surface area contributed by atoms with Crippen molar-refractivity contribution in [3.63, 3.8) is 0 Å². The fourth-order valence-electron chi connectivity index (χ4n) is 1.07. The van der Waals surface area contributed by atoms with E-state index < -0.39 is 0 Å². The molecule has 82 valence electrons. The SMILES string of the molecule is O=C(NCCCCl)c1c(Cl)cccc1Cl. The van der Waals surface area contributed by atoms with Crippen molar-refractivity contribution in [1.29, 1.82) is 0 Å². The fraction of sp³-hybridized carbons (Fsp3) is 0.300. The monoisotopic (exact) mass is 265 g/mol. The molecule has 0 unspecified atom stereocenters. The summed E-state index contributed by atoms with van der Waals surface area (Å²) in [6, 6.07) is 4.95. The number of benzene rings is 1. The summed E-state index contributed by atoms with van der Waals surface area (Å²) >= 11 is 17.2. The van der Waals surface area contributed by atoms with Gasteiger partial charge in [-0.15, -0.1) is 11.6 Å². The minimum atomic E-state index is -0.268. The van der Waals surface area contributed by atoms with Gasteiger partial charge in [-0.25, -0.2) is 0 Å². The van der Waals surface area contributed by atoms with Crippen LogP contribution in [0.5, 0.6) is 0 Å². The highest BCUT2D eigenvalue weighted by Crippen LogP contribution is 2.23. The lowest BCUT2D eigenvalue weighted by Gasteiger charge is -2.07. The quantitative estimate of drug-likeness (QED) is 0.657. The summed E-state index contributed by atoms with van der Waals surface area (Å²) in [5.74, 6) is 0.243. The normalized spacial score (nSPS) is 10.1. The molecule has 2 nitrogen and oxygen atoms in total. The first-order chi connectivity index (χ1) is 7.16. The Hall–Kier alpha value is -0.440. The van der Waals surface area contributed by atoms with Gasteiger partial charge in [-0.1, -0.05) is 29.3 Å². The topological polar surface area (TPSA) is 29.1 Å². The zero-order valence-corrected chi connectivity index (χ0v) is 10.2. The van der Waals surface area contributed by atoms with E-state index >= 15 is 0 Å². The van der Waals surface area contributed by atoms with Crippen LogP contribution in [0.15, 0.2) is 18.2 Å². The third kappa shape index (κ3) is 3.56. The minimum absolute atomic E-state index is 0.268. The number of amides is 1. The first-order valence-corrected chi connectivity index (χ1v) is 5.74. The molecule has 1 N–H and O–H groups in total. The van der Waals surface area contributed by atoms with Crippen molar-refractivity contribution >= 4 is 40.7 Å². The Bertz CT molecular complexity index is 334. The number of carbonyl (C=O) groups is 1. The molecule has 0 fully saturated rings. The molecule has 5 heteroatoms. The van der Waals surface area contributed by atoms with E-state index in [0.717, 1.165) is 6.42 Å². The largest absolute Gasteiger partial charge is 0.352 e. The molecule has 0 saturated carbocycles. The number of halogens is 3. The molecule has 0 bridgehead atoms. The van der Waals surface area contributed by atoms with Crippen LogP contribution in [0.3, 0.4) is 0 Å². The summed E-state index contributed by atoms with van der Waals surface area (Å²) in [7, 11) is 0. The molecular weight excluding hydrogens is 256 g/mol. The van der Waals surface area contributed by atoms with Crippen molar-refractivity contribution < 1.29 is 4.79 Å². The molecule has 1 aromatic rings. The Kier molecular flexibility index (Phi) is 5.23. The van der Waals surface area contributed by atoms with Crippen LogP contribution in [0.1, 0.15) is 16.8 Å². The number of hydrogen-bond donors (Lipinski definition) is 1. The lowest BCUT2D eigenvalue weighted by molar-refractivity contribution is 0.0954. The van der Waals surface area contributed by atoms with Gasteiger partial charge < -0.3 is 5.32 Å². The van der Waals surface area contributed by atoms with Crippen molar-refractivity contribution in [1.82, 2.24) is 5.32 Å². The molecule has 0 atom stereocenters. The van der Waals surface area contributed by atoms with Crippen LogP contribution >= 0.6 is 34.8 Å². The summed E-state index contributed by atoms with van der Waals surface area (Å²) in [6.07, 6.45) is 0.718. The first kappa shape index (κ1) is 12.6. The van der Waals surface area contributed by atoms with Crippen LogP contribution in [-0.4, -0.2) is 18.3 Å². The van der Waals surface area contributed by atoms with Gasteiger partial charge in [0.05, 0.1) is 15.6 Å². The van der Waals surface area contributed by atoms with Crippen LogP contribution < -0.4 is 5.32 Å². The molecule has 15 heavy (non-hydrogen) atoms. The average molecular weight is 267 g/mol. The molecule has 0 heterocycles. The van der Waals surface area contributed by atoms with E-state index in [4.69, 9.17) is 34.8 Å². The zero-order valence-electron chi connectivity index (χ0n) is 7.90. The zero-order chi connectivity index (χ0) is 11.3. The van der Waals surface area contributed by atoms with E-state index in [0.29, 0.717) is 28.0 Å². The van der Waals surface area contributed by atoms with Crippen LogP contribution in [0.4, 0.5) is 0 Å². The first-order valence-electron chi connectivity index (χ1n) is 4.45. The maximum absolute atomic E-state index is 11.6. The van der Waals surface area contributed by atoms with Crippen molar-refractivity contribution in [2.75, 3.05) is 12.4 Å². The summed E-state index contributed by atoms with van der Waals surface area (Å²) in [6.45, 7) is 0.518. The van der Waals surface area contributed by atoms with Crippen LogP contribution in [0.25, 0.3) is 0 Å². The summed E-state index contributed by atoms with van der Waals surface area (Å²) in [4.78, 5) is 11.6. The molecule has 0 aliphatic rings. The molecule has 0 aliphatic carbocycles. The Morgan fingerprint density at radius 2 is 1.87 bits per heavy atom. The molecule has 0 aliphatic heterocycles. The van der Waals surface area contributed by atoms with Gasteiger partial charge in [0.25, 0.3) is 5.91 Å². The van der Waals surface area contributed by atoms with Crippen LogP contribution in [0.2, 0.25) is 10.0 Å². The number of hydrogen-bond acceptors (Lipinski definition) is 1. The van der Waals surface area contributed by atoms with Gasteiger partial charge in [0.2, 0.25) is 0 Å². The third-order valence-electron chi connectivity index (χ3n) is 1.79. The second-order valence-corrected chi connectivity index (χ2v) is 4.09. The second-order valence-electron chi connectivity index (χ2n) is 2.90. The maximum atomic E-state index is 11.6. The van der Waals surface area contributed by atoms with Crippen molar-refractivity contribution in [2.45, 2.75) is 6.42 Å². The van der Waals surface area contributed by atoms with E-state index in [9.17, 15) is 4.79 Å². The van der Waals surface area contributed by atoms with Gasteiger partial charge >= 0.3 is 0 Å². The molecule has 0 radical (unpaired) electrons. The van der Waals surface area contributed by atoms with Crippen molar-refractivity contribution in [2.24, 2.45) is 0 Å². The van der Waals surface area contributed by atoms with E-state index in [-0.39, 0.29) is 5.91 Å². The average Bonchev–Trinajstić information content (AvgIpc) is 2.18. The Morgan fingerprint density at radius 3 is 2.40 bits per heavy atom. The predicted molar refractivity (Wildman–Crippen MR) is 64.1 cm³/mol. The van der Waals surface area contributed by atoms with E-state index in [1.807, 2.05) is 0 Å². The summed E-state index contributed by atoms with van der Waals surface area (Å²) < 4.78 is 0. The maximum Gasteiger partial charge on any atom is 0.254 e. The number of carbonyl (C=O) groups excluding carboxylic acids is 1. The Balaban J connectivity index is 2.73. The van der Waals surface area contributed by atoms with Gasteiger partial charge in [-0.3, -0.25) is 4.79 Å². The highest BCUT2D eigenvalue weighted by Gasteiger charge is 2.13. The lowest BCUT2D eigenvalue weighted by atomic mass is 10.2. The van der Waals surface area contributed by atoms with Gasteiger partial charge in [-0.05, 0) is 18.6 Å². The summed E-state index contributed by atoms with van der Waals surface area (Å²) in [5, 5.41) is 3.39. The highest BCUT2D eigenvalue weighted by atomic mass is 35.5. The van der Waals surface area contributed by atoms with Gasteiger partial charge in [0.1, 0.15) is 0 Å². The van der Waals surface area contributed by atoms with Crippen molar-refractivity contribution in [3.05, 3.63) is 33.8 Å². The van der Waals surface area contributed by atoms with Crippen LogP contribution in [-0.2, 0) is 0 Å². The standard InChI is InChI=1S/C10H10Cl3NO/c11-5-2-6-14-10(15)9-7(12)3-1-4-8(9)13/h1,3-4H,2,5-6H2,(H,14,15). The molecule has 1 aromatic carbocycles. The number of nitrogens with one attached hydrogen (secondary N) is 1. The predicted octanol–water partition coefficient (Wildman–Crippen LogP) is 3.35. The molecule has 1 rings (SSSR count). The van der Waals surface area contributed by atoms with Crippen LogP contribution in [0, 0.1) is 0 Å². The minimum Gasteiger partial charge on any atom is -0.352 e. The highest BCUT2D eigenvalue weighted by molar-refractivity contribution is 6.39. The third-order valence-corrected chi connectivity index (χ3v) is 2.68. The fourth-order valence-corrected chi connectivity index (χ4v) is 1.77. The molecule has 0 saturated heterocycles. The smallest absolute Gasteiger partial charge is 0.254 e. The second kappa shape index (κ2) is 6.21. The molecular formula is C10H10Cl3NO. The lowest BCUT2D eigenvalue weighted by Crippen LogP contribution is -2.25. The van der Waals surface area contributed by atoms with Gasteiger partial charge in [0.15, 0.2) is 0 Å². The van der Waals surface area contributed by atoms with E-state index in [1.165, 1.54) is 0 Å². The Morgan fingerprint density at radius 1 is 1.27 bits per heavy atom. The van der Waals surface area contributed by atoms with E-state index in [1.54, 1.807) is 18.2 Å². The summed E-state index contributed by atoms with van der Waals surface area (Å²) in [5.41, 5.74) is 0.315. The number of rotatable bonds is 4. The molecule has 0 aromatic heterocycles. The molecule has 1 amide bonds. The van der Waals surface area contributed by atoms with Crippen molar-refractivity contribution in [3.8, 4) is 0 Å². The Labute approximate surface area is 104 Å². The van der Waals surface area contributed by atoms with Gasteiger partial charge in [0, 0.05) is 12.4 Å². The number of alkyl halides is 1. The molecule has 0 spiro atoms. The van der Waals surface area contributed by atoms with E-state index in [2.05, 4.69) is 5.32 Å². The van der Waals surface area contributed by atoms with Gasteiger partial charge in [-0.2, -0.15) is 0 Å².